The van der Waals surface area contributed by atoms with Crippen LogP contribution in [0.4, 0.5) is 4.39 Å². The summed E-state index contributed by atoms with van der Waals surface area (Å²) in [5, 5.41) is 0.645. The highest BCUT2D eigenvalue weighted by Crippen LogP contribution is 2.22. The lowest BCUT2D eigenvalue weighted by Crippen LogP contribution is -1.97. The van der Waals surface area contributed by atoms with Gasteiger partial charge in [-0.05, 0) is 12.1 Å². The second kappa shape index (κ2) is 3.50. The molecule has 1 aromatic heterocycles. The lowest BCUT2D eigenvalue weighted by Gasteiger charge is -2.00. The van der Waals surface area contributed by atoms with Crippen molar-refractivity contribution in [1.29, 1.82) is 0 Å². The summed E-state index contributed by atoms with van der Waals surface area (Å²) in [4.78, 5) is 0. The van der Waals surface area contributed by atoms with Gasteiger partial charge in [0.25, 0.3) is 0 Å². The summed E-state index contributed by atoms with van der Waals surface area (Å²) in [6, 6.07) is 4.18. The number of furan rings is 1. The first kappa shape index (κ1) is 10.4. The van der Waals surface area contributed by atoms with E-state index in [1.807, 2.05) is 0 Å². The molecule has 6 heteroatoms. The van der Waals surface area contributed by atoms with Crippen LogP contribution in [0.5, 0.6) is 0 Å². The normalized spacial score (nSPS) is 12.1. The van der Waals surface area contributed by atoms with Gasteiger partial charge in [-0.2, -0.15) is 0 Å². The van der Waals surface area contributed by atoms with Gasteiger partial charge in [-0.1, -0.05) is 0 Å². The molecular formula is C9H6ClFO3S. The molecule has 0 fully saturated rings. The maximum Gasteiger partial charge on any atom is 0.236 e. The van der Waals surface area contributed by atoms with E-state index >= 15 is 0 Å². The van der Waals surface area contributed by atoms with E-state index in [9.17, 15) is 12.8 Å². The van der Waals surface area contributed by atoms with Crippen molar-refractivity contribution in [3.05, 3.63) is 35.8 Å². The minimum Gasteiger partial charge on any atom is -0.464 e. The van der Waals surface area contributed by atoms with Gasteiger partial charge in [0.05, 0.1) is 12.0 Å². The van der Waals surface area contributed by atoms with Gasteiger partial charge in [0.2, 0.25) is 9.05 Å². The number of halogens is 2. The molecule has 0 aliphatic rings. The quantitative estimate of drug-likeness (QED) is 0.768. The fourth-order valence-corrected chi connectivity index (χ4v) is 2.27. The Morgan fingerprint density at radius 3 is 2.80 bits per heavy atom. The van der Waals surface area contributed by atoms with E-state index in [1.165, 1.54) is 12.3 Å². The van der Waals surface area contributed by atoms with Crippen molar-refractivity contribution in [3.63, 3.8) is 0 Å². The number of fused-ring (bicyclic) bond motifs is 1. The standard InChI is InChI=1S/C9H6ClFO3S/c10-15(12,13)5-7-3-6-1-2-14-9(6)4-8(7)11/h1-4H,5H2. The van der Waals surface area contributed by atoms with Gasteiger partial charge in [0, 0.05) is 27.7 Å². The third kappa shape index (κ3) is 2.30. The van der Waals surface area contributed by atoms with E-state index in [0.29, 0.717) is 11.0 Å². The maximum atomic E-state index is 13.3. The fourth-order valence-electron chi connectivity index (χ4n) is 1.33. The molecule has 3 nitrogen and oxygen atoms in total. The highest BCUT2D eigenvalue weighted by atomic mass is 35.7. The molecule has 0 radical (unpaired) electrons. The third-order valence-electron chi connectivity index (χ3n) is 1.95. The zero-order chi connectivity index (χ0) is 11.1. The Labute approximate surface area is 89.9 Å². The van der Waals surface area contributed by atoms with Crippen molar-refractivity contribution in [2.24, 2.45) is 0 Å². The molecule has 15 heavy (non-hydrogen) atoms. The summed E-state index contributed by atoms with van der Waals surface area (Å²) < 4.78 is 39.9. The van der Waals surface area contributed by atoms with Gasteiger partial charge >= 0.3 is 0 Å². The Hall–Kier alpha value is -1.07. The highest BCUT2D eigenvalue weighted by Gasteiger charge is 2.13. The van der Waals surface area contributed by atoms with Crippen molar-refractivity contribution in [1.82, 2.24) is 0 Å². The van der Waals surface area contributed by atoms with Gasteiger partial charge in [-0.15, -0.1) is 0 Å². The van der Waals surface area contributed by atoms with Crippen LogP contribution in [-0.4, -0.2) is 8.42 Å². The Morgan fingerprint density at radius 2 is 2.13 bits per heavy atom. The zero-order valence-electron chi connectivity index (χ0n) is 7.41. The first-order valence-electron chi connectivity index (χ1n) is 4.04. The first-order valence-corrected chi connectivity index (χ1v) is 6.51. The smallest absolute Gasteiger partial charge is 0.236 e. The van der Waals surface area contributed by atoms with E-state index < -0.39 is 20.6 Å². The number of hydrogen-bond donors (Lipinski definition) is 0. The molecule has 0 bridgehead atoms. The summed E-state index contributed by atoms with van der Waals surface area (Å²) in [6.07, 6.45) is 1.41. The molecule has 0 saturated heterocycles. The number of hydrogen-bond acceptors (Lipinski definition) is 3. The molecule has 2 aromatic rings. The molecule has 0 aliphatic carbocycles. The average Bonchev–Trinajstić information content (AvgIpc) is 2.49. The molecule has 0 atom stereocenters. The Balaban J connectivity index is 2.55. The number of rotatable bonds is 2. The summed E-state index contributed by atoms with van der Waals surface area (Å²) in [7, 11) is 1.30. The molecule has 80 valence electrons. The van der Waals surface area contributed by atoms with Crippen LogP contribution in [0.1, 0.15) is 5.56 Å². The Bertz CT molecular complexity index is 603. The number of benzene rings is 1. The van der Waals surface area contributed by atoms with E-state index in [4.69, 9.17) is 15.1 Å². The summed E-state index contributed by atoms with van der Waals surface area (Å²) in [6.45, 7) is 0. The van der Waals surface area contributed by atoms with Crippen LogP contribution in [0, 0.1) is 5.82 Å². The van der Waals surface area contributed by atoms with Crippen LogP contribution in [0.3, 0.4) is 0 Å². The molecule has 0 amide bonds. The molecule has 2 rings (SSSR count). The maximum absolute atomic E-state index is 13.3. The predicted molar refractivity (Wildman–Crippen MR) is 54.6 cm³/mol. The van der Waals surface area contributed by atoms with Crippen LogP contribution in [-0.2, 0) is 14.8 Å². The monoisotopic (exact) mass is 248 g/mol. The third-order valence-corrected chi connectivity index (χ3v) is 2.93. The average molecular weight is 249 g/mol. The topological polar surface area (TPSA) is 47.3 Å². The van der Waals surface area contributed by atoms with Crippen LogP contribution < -0.4 is 0 Å². The van der Waals surface area contributed by atoms with Gasteiger partial charge in [0.15, 0.2) is 0 Å². The van der Waals surface area contributed by atoms with E-state index in [2.05, 4.69) is 0 Å². The van der Waals surface area contributed by atoms with Crippen LogP contribution >= 0.6 is 10.7 Å². The first-order chi connectivity index (χ1) is 6.96. The lowest BCUT2D eigenvalue weighted by molar-refractivity contribution is 0.588. The van der Waals surface area contributed by atoms with Crippen molar-refractivity contribution >= 4 is 30.7 Å². The summed E-state index contributed by atoms with van der Waals surface area (Å²) >= 11 is 0. The van der Waals surface area contributed by atoms with Gasteiger partial charge in [-0.25, -0.2) is 12.8 Å². The SMILES string of the molecule is O=S(=O)(Cl)Cc1cc2ccoc2cc1F. The van der Waals surface area contributed by atoms with Crippen LogP contribution in [0.25, 0.3) is 11.0 Å². The van der Waals surface area contributed by atoms with Crippen LogP contribution in [0.2, 0.25) is 0 Å². The second-order valence-corrected chi connectivity index (χ2v) is 5.86. The molecule has 0 unspecified atom stereocenters. The second-order valence-electron chi connectivity index (χ2n) is 3.09. The van der Waals surface area contributed by atoms with Crippen molar-refractivity contribution in [2.75, 3.05) is 0 Å². The zero-order valence-corrected chi connectivity index (χ0v) is 8.98. The molecule has 1 aromatic carbocycles. The minimum atomic E-state index is -3.75. The van der Waals surface area contributed by atoms with Crippen molar-refractivity contribution in [3.8, 4) is 0 Å². The van der Waals surface area contributed by atoms with Gasteiger partial charge in [-0.3, -0.25) is 0 Å². The molecule has 0 N–H and O–H groups in total. The largest absolute Gasteiger partial charge is 0.464 e. The lowest BCUT2D eigenvalue weighted by atomic mass is 10.2. The van der Waals surface area contributed by atoms with Gasteiger partial charge < -0.3 is 4.42 Å². The fraction of sp³-hybridized carbons (Fsp3) is 0.111. The highest BCUT2D eigenvalue weighted by molar-refractivity contribution is 8.13. The molecule has 0 aliphatic heterocycles. The molecule has 1 heterocycles. The molecule has 0 saturated carbocycles. The Kier molecular flexibility index (Phi) is 2.44. The van der Waals surface area contributed by atoms with Crippen molar-refractivity contribution in [2.45, 2.75) is 5.75 Å². The minimum absolute atomic E-state index is 0.0406. The van der Waals surface area contributed by atoms with Crippen molar-refractivity contribution < 1.29 is 17.2 Å². The molecule has 0 spiro atoms. The predicted octanol–water partition coefficient (Wildman–Crippen LogP) is 2.64. The van der Waals surface area contributed by atoms with Gasteiger partial charge in [0.1, 0.15) is 11.4 Å². The van der Waals surface area contributed by atoms with E-state index in [1.54, 1.807) is 6.07 Å². The summed E-state index contributed by atoms with van der Waals surface area (Å²) in [5.41, 5.74) is 0.419. The Morgan fingerprint density at radius 1 is 1.40 bits per heavy atom. The van der Waals surface area contributed by atoms with E-state index in [0.717, 1.165) is 6.07 Å². The van der Waals surface area contributed by atoms with Crippen LogP contribution in [0.15, 0.2) is 28.9 Å². The van der Waals surface area contributed by atoms with E-state index in [-0.39, 0.29) is 5.56 Å². The summed E-state index contributed by atoms with van der Waals surface area (Å²) in [5.74, 6) is -1.16. The molecular weight excluding hydrogens is 243 g/mol.